The van der Waals surface area contributed by atoms with E-state index in [-0.39, 0.29) is 6.04 Å². The molecule has 3 aromatic heterocycles. The molecule has 0 saturated heterocycles. The lowest BCUT2D eigenvalue weighted by Gasteiger charge is -2.12. The van der Waals surface area contributed by atoms with Crippen LogP contribution in [-0.2, 0) is 7.05 Å². The third-order valence-corrected chi connectivity index (χ3v) is 4.22. The molecule has 134 valence electrons. The Morgan fingerprint density at radius 2 is 2.19 bits per heavy atom. The summed E-state index contributed by atoms with van der Waals surface area (Å²) in [5, 5.41) is 9.13. The quantitative estimate of drug-likeness (QED) is 0.568. The molecule has 0 amide bonds. The average Bonchev–Trinajstić information content (AvgIpc) is 3.21. The molecule has 3 heterocycles. The molecule has 0 aliphatic rings. The van der Waals surface area contributed by atoms with Gasteiger partial charge >= 0.3 is 0 Å². The van der Waals surface area contributed by atoms with Crippen LogP contribution in [0.3, 0.4) is 0 Å². The Kier molecular flexibility index (Phi) is 3.87. The van der Waals surface area contributed by atoms with Gasteiger partial charge in [0, 0.05) is 12.4 Å². The second kappa shape index (κ2) is 6.21. The molecule has 8 nitrogen and oxygen atoms in total. The van der Waals surface area contributed by atoms with Crippen molar-refractivity contribution in [3.05, 3.63) is 36.2 Å². The smallest absolute Gasteiger partial charge is 0.227 e. The molecule has 0 fully saturated rings. The number of hydrogen-bond donors (Lipinski definition) is 2. The Morgan fingerprint density at radius 3 is 3.00 bits per heavy atom. The minimum Gasteiger partial charge on any atom is -0.490 e. The SMILES string of the molecule is CCOc1cccc2cc(C(C)Nc3nc(N)c4cnn(C)c4n3)oc12. The maximum atomic E-state index is 6.02. The molecule has 3 N–H and O–H groups in total. The molecule has 1 atom stereocenters. The number of para-hydroxylation sites is 1. The van der Waals surface area contributed by atoms with E-state index in [1.807, 2.05) is 45.2 Å². The van der Waals surface area contributed by atoms with Gasteiger partial charge in [-0.3, -0.25) is 4.68 Å². The normalized spacial score (nSPS) is 12.6. The second-order valence-corrected chi connectivity index (χ2v) is 6.06. The summed E-state index contributed by atoms with van der Waals surface area (Å²) < 4.78 is 13.3. The second-order valence-electron chi connectivity index (χ2n) is 6.06. The van der Waals surface area contributed by atoms with Gasteiger partial charge in [0.05, 0.1) is 24.2 Å². The molecule has 0 bridgehead atoms. The number of nitrogens with one attached hydrogen (secondary N) is 1. The van der Waals surface area contributed by atoms with Gasteiger partial charge in [0.15, 0.2) is 17.0 Å². The highest BCUT2D eigenvalue weighted by molar-refractivity contribution is 5.86. The number of furan rings is 1. The monoisotopic (exact) mass is 352 g/mol. The number of rotatable bonds is 5. The van der Waals surface area contributed by atoms with Gasteiger partial charge in [-0.1, -0.05) is 12.1 Å². The van der Waals surface area contributed by atoms with E-state index in [0.717, 1.165) is 27.9 Å². The number of benzene rings is 1. The van der Waals surface area contributed by atoms with Gasteiger partial charge in [0.25, 0.3) is 0 Å². The van der Waals surface area contributed by atoms with Crippen LogP contribution in [0.4, 0.5) is 11.8 Å². The first-order valence-electron chi connectivity index (χ1n) is 8.44. The fraction of sp³-hybridized carbons (Fsp3) is 0.278. The van der Waals surface area contributed by atoms with Crippen molar-refractivity contribution in [3.63, 3.8) is 0 Å². The van der Waals surface area contributed by atoms with Crippen molar-refractivity contribution >= 4 is 33.8 Å². The van der Waals surface area contributed by atoms with Gasteiger partial charge in [0.1, 0.15) is 11.6 Å². The summed E-state index contributed by atoms with van der Waals surface area (Å²) in [5.41, 5.74) is 7.43. The summed E-state index contributed by atoms with van der Waals surface area (Å²) in [7, 11) is 1.82. The van der Waals surface area contributed by atoms with E-state index in [1.54, 1.807) is 10.9 Å². The maximum Gasteiger partial charge on any atom is 0.227 e. The van der Waals surface area contributed by atoms with Gasteiger partial charge in [0.2, 0.25) is 5.95 Å². The van der Waals surface area contributed by atoms with Gasteiger partial charge in [-0.2, -0.15) is 15.1 Å². The van der Waals surface area contributed by atoms with Crippen LogP contribution in [0, 0.1) is 0 Å². The number of aromatic nitrogens is 4. The third-order valence-electron chi connectivity index (χ3n) is 4.22. The standard InChI is InChI=1S/C18H20N6O2/c1-4-25-13-7-5-6-11-8-14(26-15(11)13)10(2)21-18-22-16(19)12-9-20-24(3)17(12)23-18/h5-10H,4H2,1-3H3,(H3,19,21,22,23). The number of nitrogen functional groups attached to an aromatic ring is 1. The van der Waals surface area contributed by atoms with Crippen molar-refractivity contribution in [2.75, 3.05) is 17.7 Å². The summed E-state index contributed by atoms with van der Waals surface area (Å²) in [6.45, 7) is 4.51. The summed E-state index contributed by atoms with van der Waals surface area (Å²) in [6.07, 6.45) is 1.66. The van der Waals surface area contributed by atoms with Crippen molar-refractivity contribution in [2.24, 2.45) is 7.05 Å². The summed E-state index contributed by atoms with van der Waals surface area (Å²) in [4.78, 5) is 8.81. The van der Waals surface area contributed by atoms with E-state index in [2.05, 4.69) is 20.4 Å². The Morgan fingerprint density at radius 1 is 1.35 bits per heavy atom. The highest BCUT2D eigenvalue weighted by Crippen LogP contribution is 2.32. The minimum absolute atomic E-state index is 0.151. The largest absolute Gasteiger partial charge is 0.490 e. The van der Waals surface area contributed by atoms with E-state index >= 15 is 0 Å². The van der Waals surface area contributed by atoms with Crippen molar-refractivity contribution in [1.29, 1.82) is 0 Å². The van der Waals surface area contributed by atoms with Gasteiger partial charge < -0.3 is 20.2 Å². The van der Waals surface area contributed by atoms with E-state index in [4.69, 9.17) is 14.9 Å². The predicted molar refractivity (Wildman–Crippen MR) is 100 cm³/mol. The van der Waals surface area contributed by atoms with Gasteiger partial charge in [-0.25, -0.2) is 0 Å². The van der Waals surface area contributed by atoms with Crippen molar-refractivity contribution in [1.82, 2.24) is 19.7 Å². The topological polar surface area (TPSA) is 104 Å². The average molecular weight is 352 g/mol. The zero-order valence-electron chi connectivity index (χ0n) is 14.9. The molecule has 0 aliphatic carbocycles. The molecule has 26 heavy (non-hydrogen) atoms. The lowest BCUT2D eigenvalue weighted by Crippen LogP contribution is -2.10. The Balaban J connectivity index is 1.66. The summed E-state index contributed by atoms with van der Waals surface area (Å²) >= 11 is 0. The Bertz CT molecular complexity index is 1080. The first-order valence-corrected chi connectivity index (χ1v) is 8.44. The minimum atomic E-state index is -0.151. The van der Waals surface area contributed by atoms with Crippen LogP contribution in [0.25, 0.3) is 22.0 Å². The van der Waals surface area contributed by atoms with Crippen molar-refractivity contribution in [2.45, 2.75) is 19.9 Å². The van der Waals surface area contributed by atoms with Gasteiger partial charge in [-0.15, -0.1) is 0 Å². The molecular formula is C18H20N6O2. The fourth-order valence-electron chi connectivity index (χ4n) is 2.91. The van der Waals surface area contributed by atoms with E-state index in [1.165, 1.54) is 0 Å². The third kappa shape index (κ3) is 2.69. The molecule has 0 saturated carbocycles. The molecule has 0 radical (unpaired) electrons. The maximum absolute atomic E-state index is 6.02. The van der Waals surface area contributed by atoms with Crippen LogP contribution in [0.15, 0.2) is 34.9 Å². The first kappa shape index (κ1) is 16.2. The van der Waals surface area contributed by atoms with Crippen LogP contribution in [0.2, 0.25) is 0 Å². The number of fused-ring (bicyclic) bond motifs is 2. The van der Waals surface area contributed by atoms with Gasteiger partial charge in [-0.05, 0) is 26.0 Å². The molecule has 4 aromatic rings. The summed E-state index contributed by atoms with van der Waals surface area (Å²) in [5.74, 6) is 2.32. The molecule has 1 unspecified atom stereocenters. The molecular weight excluding hydrogens is 332 g/mol. The Hall–Kier alpha value is -3.29. The number of hydrogen-bond acceptors (Lipinski definition) is 7. The van der Waals surface area contributed by atoms with Crippen molar-refractivity contribution < 1.29 is 9.15 Å². The van der Waals surface area contributed by atoms with E-state index < -0.39 is 0 Å². The zero-order valence-corrected chi connectivity index (χ0v) is 14.9. The number of nitrogens with zero attached hydrogens (tertiary/aromatic N) is 4. The van der Waals surface area contributed by atoms with Crippen LogP contribution >= 0.6 is 0 Å². The van der Waals surface area contributed by atoms with E-state index in [9.17, 15) is 0 Å². The predicted octanol–water partition coefficient (Wildman–Crippen LogP) is 3.26. The lowest BCUT2D eigenvalue weighted by molar-refractivity contribution is 0.337. The number of ether oxygens (including phenoxy) is 1. The lowest BCUT2D eigenvalue weighted by atomic mass is 10.2. The Labute approximate surface area is 150 Å². The molecule has 0 aliphatic heterocycles. The molecule has 1 aromatic carbocycles. The van der Waals surface area contributed by atoms with Crippen LogP contribution in [-0.4, -0.2) is 26.4 Å². The van der Waals surface area contributed by atoms with Crippen LogP contribution in [0.5, 0.6) is 5.75 Å². The fourth-order valence-corrected chi connectivity index (χ4v) is 2.91. The van der Waals surface area contributed by atoms with Crippen LogP contribution in [0.1, 0.15) is 25.6 Å². The van der Waals surface area contributed by atoms with Crippen molar-refractivity contribution in [3.8, 4) is 5.75 Å². The number of anilines is 2. The van der Waals surface area contributed by atoms with E-state index in [0.29, 0.717) is 24.0 Å². The highest BCUT2D eigenvalue weighted by atomic mass is 16.5. The first-order chi connectivity index (χ1) is 12.6. The highest BCUT2D eigenvalue weighted by Gasteiger charge is 2.16. The molecule has 0 spiro atoms. The molecule has 4 rings (SSSR count). The molecule has 8 heteroatoms. The summed E-state index contributed by atoms with van der Waals surface area (Å²) in [6, 6.07) is 7.68. The number of aryl methyl sites for hydroxylation is 1. The number of nitrogens with two attached hydrogens (primary N) is 1. The zero-order chi connectivity index (χ0) is 18.3. The van der Waals surface area contributed by atoms with Crippen LogP contribution < -0.4 is 15.8 Å².